The van der Waals surface area contributed by atoms with Gasteiger partial charge in [0, 0.05) is 5.54 Å². The van der Waals surface area contributed by atoms with E-state index in [9.17, 15) is 0 Å². The number of nitrogens with two attached hydrogens (primary N) is 1. The van der Waals surface area contributed by atoms with Crippen LogP contribution in [0.5, 0.6) is 0 Å². The van der Waals surface area contributed by atoms with Gasteiger partial charge in [-0.25, -0.2) is 0 Å². The van der Waals surface area contributed by atoms with Crippen LogP contribution in [-0.2, 0) is 12.0 Å². The summed E-state index contributed by atoms with van der Waals surface area (Å²) in [5.41, 5.74) is 8.82. The summed E-state index contributed by atoms with van der Waals surface area (Å²) in [6.45, 7) is 6.50. The maximum Gasteiger partial charge on any atom is 0.0355 e. The van der Waals surface area contributed by atoms with Crippen molar-refractivity contribution in [3.05, 3.63) is 35.4 Å². The Kier molecular flexibility index (Phi) is 11.1. The lowest BCUT2D eigenvalue weighted by Gasteiger charge is -2.23. The Labute approximate surface area is 151 Å². The van der Waals surface area contributed by atoms with Gasteiger partial charge in [-0.2, -0.15) is 0 Å². The highest BCUT2D eigenvalue weighted by Crippen LogP contribution is 2.23. The molecule has 0 spiro atoms. The van der Waals surface area contributed by atoms with E-state index in [0.29, 0.717) is 0 Å². The summed E-state index contributed by atoms with van der Waals surface area (Å²) in [6, 6.07) is 8.69. The predicted octanol–water partition coefficient (Wildman–Crippen LogP) is 7.12. The van der Waals surface area contributed by atoms with Crippen molar-refractivity contribution < 1.29 is 0 Å². The molecule has 138 valence electrons. The van der Waals surface area contributed by atoms with Crippen molar-refractivity contribution in [2.45, 2.75) is 110 Å². The Bertz CT molecular complexity index is 416. The zero-order valence-electron chi connectivity index (χ0n) is 16.6. The number of aryl methyl sites for hydroxylation is 1. The van der Waals surface area contributed by atoms with Crippen molar-refractivity contribution in [3.8, 4) is 0 Å². The van der Waals surface area contributed by atoms with Gasteiger partial charge in [0.1, 0.15) is 0 Å². The van der Waals surface area contributed by atoms with Gasteiger partial charge in [0.15, 0.2) is 0 Å². The summed E-state index contributed by atoms with van der Waals surface area (Å²) in [5, 5.41) is 0. The lowest BCUT2D eigenvalue weighted by atomic mass is 9.89. The minimum absolute atomic E-state index is 0.228. The molecule has 24 heavy (non-hydrogen) atoms. The van der Waals surface area contributed by atoms with E-state index < -0.39 is 0 Å². The number of benzene rings is 1. The van der Waals surface area contributed by atoms with Gasteiger partial charge in [0.25, 0.3) is 0 Å². The maximum atomic E-state index is 6.29. The first-order valence-electron chi connectivity index (χ1n) is 10.4. The molecular formula is C23H41N. The van der Waals surface area contributed by atoms with Gasteiger partial charge in [-0.15, -0.1) is 0 Å². The first kappa shape index (κ1) is 21.2. The molecule has 1 heteroatoms. The Morgan fingerprint density at radius 2 is 1.17 bits per heavy atom. The molecule has 2 N–H and O–H groups in total. The number of hydrogen-bond acceptors (Lipinski definition) is 1. The third-order valence-corrected chi connectivity index (χ3v) is 5.01. The zero-order valence-corrected chi connectivity index (χ0v) is 16.6. The van der Waals surface area contributed by atoms with E-state index >= 15 is 0 Å². The first-order valence-corrected chi connectivity index (χ1v) is 10.4. The van der Waals surface area contributed by atoms with Gasteiger partial charge in [0.05, 0.1) is 0 Å². The predicted molar refractivity (Wildman–Crippen MR) is 108 cm³/mol. The molecule has 0 heterocycles. The summed E-state index contributed by atoms with van der Waals surface area (Å²) < 4.78 is 0. The normalized spacial score (nSPS) is 11.8. The van der Waals surface area contributed by atoms with Crippen molar-refractivity contribution in [1.82, 2.24) is 0 Å². The van der Waals surface area contributed by atoms with Crippen molar-refractivity contribution in [3.63, 3.8) is 0 Å². The van der Waals surface area contributed by atoms with Crippen molar-refractivity contribution in [1.29, 1.82) is 0 Å². The molecule has 1 nitrogen and oxygen atoms in total. The minimum atomic E-state index is -0.228. The molecule has 0 unspecified atom stereocenters. The summed E-state index contributed by atoms with van der Waals surface area (Å²) >= 11 is 0. The highest BCUT2D eigenvalue weighted by atomic mass is 14.7. The summed E-state index contributed by atoms with van der Waals surface area (Å²) in [7, 11) is 0. The van der Waals surface area contributed by atoms with Gasteiger partial charge in [-0.3, -0.25) is 0 Å². The van der Waals surface area contributed by atoms with E-state index in [0.717, 1.165) is 0 Å². The lowest BCUT2D eigenvalue weighted by molar-refractivity contribution is 0.535. The third-order valence-electron chi connectivity index (χ3n) is 5.01. The number of hydrogen-bond donors (Lipinski definition) is 1. The Balaban J connectivity index is 2.03. The second-order valence-corrected chi connectivity index (χ2v) is 8.02. The van der Waals surface area contributed by atoms with Gasteiger partial charge in [-0.05, 0) is 37.8 Å². The summed E-state index contributed by atoms with van der Waals surface area (Å²) in [4.78, 5) is 0. The molecule has 0 aliphatic heterocycles. The summed E-state index contributed by atoms with van der Waals surface area (Å²) in [5.74, 6) is 0. The fourth-order valence-electron chi connectivity index (χ4n) is 3.52. The Hall–Kier alpha value is -0.820. The highest BCUT2D eigenvalue weighted by molar-refractivity contribution is 5.32. The number of rotatable bonds is 14. The van der Waals surface area contributed by atoms with Crippen LogP contribution in [-0.4, -0.2) is 0 Å². The minimum Gasteiger partial charge on any atom is -0.322 e. The molecular weight excluding hydrogens is 290 g/mol. The molecule has 0 amide bonds. The fraction of sp³-hybridized carbons (Fsp3) is 0.739. The van der Waals surface area contributed by atoms with Crippen LogP contribution in [0.2, 0.25) is 0 Å². The molecule has 0 radical (unpaired) electrons. The molecule has 1 aromatic rings. The van der Waals surface area contributed by atoms with E-state index in [1.54, 1.807) is 0 Å². The highest BCUT2D eigenvalue weighted by Gasteiger charge is 2.17. The smallest absolute Gasteiger partial charge is 0.0355 e. The molecule has 1 rings (SSSR count). The molecule has 0 aliphatic carbocycles. The van der Waals surface area contributed by atoms with Crippen LogP contribution in [0.1, 0.15) is 109 Å². The van der Waals surface area contributed by atoms with Gasteiger partial charge < -0.3 is 5.73 Å². The lowest BCUT2D eigenvalue weighted by Crippen LogP contribution is -2.30. The van der Waals surface area contributed by atoms with Gasteiger partial charge >= 0.3 is 0 Å². The first-order chi connectivity index (χ1) is 11.6. The number of unbranched alkanes of at least 4 members (excludes halogenated alkanes) is 11. The van der Waals surface area contributed by atoms with E-state index in [-0.39, 0.29) is 5.54 Å². The quantitative estimate of drug-likeness (QED) is 0.361. The van der Waals surface area contributed by atoms with Crippen LogP contribution in [0.3, 0.4) is 0 Å². The van der Waals surface area contributed by atoms with Crippen LogP contribution in [0.4, 0.5) is 0 Å². The molecule has 0 saturated heterocycles. The second kappa shape index (κ2) is 12.5. The van der Waals surface area contributed by atoms with E-state index in [1.165, 1.54) is 94.6 Å². The standard InChI is InChI=1S/C23H41N/c1-4-5-6-7-8-9-10-11-12-13-14-15-18-21-19-16-17-20-22(21)23(2,3)24/h16-17,19-20H,4-15,18,24H2,1-3H3. The monoisotopic (exact) mass is 331 g/mol. The van der Waals surface area contributed by atoms with Crippen molar-refractivity contribution in [2.24, 2.45) is 5.73 Å². The van der Waals surface area contributed by atoms with Crippen molar-refractivity contribution >= 4 is 0 Å². The van der Waals surface area contributed by atoms with Crippen molar-refractivity contribution in [2.75, 3.05) is 0 Å². The van der Waals surface area contributed by atoms with E-state index in [1.807, 2.05) is 0 Å². The van der Waals surface area contributed by atoms with Crippen LogP contribution in [0.25, 0.3) is 0 Å². The van der Waals surface area contributed by atoms with Crippen LogP contribution in [0, 0.1) is 0 Å². The molecule has 0 atom stereocenters. The SMILES string of the molecule is CCCCCCCCCCCCCCc1ccccc1C(C)(C)N. The summed E-state index contributed by atoms with van der Waals surface area (Å²) in [6.07, 6.45) is 18.1. The Morgan fingerprint density at radius 3 is 1.67 bits per heavy atom. The van der Waals surface area contributed by atoms with Crippen LogP contribution >= 0.6 is 0 Å². The third kappa shape index (κ3) is 9.47. The zero-order chi connectivity index (χ0) is 17.7. The molecule has 0 bridgehead atoms. The second-order valence-electron chi connectivity index (χ2n) is 8.02. The topological polar surface area (TPSA) is 26.0 Å². The van der Waals surface area contributed by atoms with Crippen LogP contribution in [0.15, 0.2) is 24.3 Å². The van der Waals surface area contributed by atoms with E-state index in [4.69, 9.17) is 5.73 Å². The Morgan fingerprint density at radius 1 is 0.708 bits per heavy atom. The van der Waals surface area contributed by atoms with Gasteiger partial charge in [0.2, 0.25) is 0 Å². The maximum absolute atomic E-state index is 6.29. The van der Waals surface area contributed by atoms with Crippen LogP contribution < -0.4 is 5.73 Å². The molecule has 0 fully saturated rings. The van der Waals surface area contributed by atoms with Gasteiger partial charge in [-0.1, -0.05) is 102 Å². The fourth-order valence-corrected chi connectivity index (χ4v) is 3.52. The average molecular weight is 332 g/mol. The largest absolute Gasteiger partial charge is 0.322 e. The molecule has 1 aromatic carbocycles. The molecule has 0 aliphatic rings. The average Bonchev–Trinajstić information content (AvgIpc) is 2.55. The molecule has 0 saturated carbocycles. The molecule has 0 aromatic heterocycles. The van der Waals surface area contributed by atoms with E-state index in [2.05, 4.69) is 45.0 Å².